The van der Waals surface area contributed by atoms with Crippen molar-refractivity contribution in [2.75, 3.05) is 52.5 Å². The summed E-state index contributed by atoms with van der Waals surface area (Å²) in [6, 6.07) is 9.96. The number of likely N-dealkylation sites (N-methyl/N-ethyl adjacent to an activating group) is 2. The number of anilines is 1. The molecule has 0 aliphatic carbocycles. The van der Waals surface area contributed by atoms with Crippen LogP contribution >= 0.6 is 12.6 Å². The second kappa shape index (κ2) is 37.3. The van der Waals surface area contributed by atoms with Crippen LogP contribution in [-0.2, 0) is 67.3 Å². The number of methoxy groups -OCH3 is 2. The Morgan fingerprint density at radius 3 is 2.02 bits per heavy atom. The van der Waals surface area contributed by atoms with Crippen LogP contribution in [-0.4, -0.2) is 185 Å². The predicted molar refractivity (Wildman–Crippen MR) is 352 cm³/mol. The summed E-state index contributed by atoms with van der Waals surface area (Å²) < 4.78 is 18.9. The van der Waals surface area contributed by atoms with Crippen molar-refractivity contribution in [3.8, 4) is 0 Å². The highest BCUT2D eigenvalue weighted by molar-refractivity contribution is 7.80. The molecule has 3 aromatic rings. The average molecular weight is 1310 g/mol. The molecule has 0 unspecified atom stereocenters. The zero-order valence-electron chi connectivity index (χ0n) is 56.0. The molecule has 26 nitrogen and oxygen atoms in total. The number of aromatic nitrogens is 2. The van der Waals surface area contributed by atoms with E-state index >= 15 is 0 Å². The van der Waals surface area contributed by atoms with Gasteiger partial charge in [0.2, 0.25) is 41.4 Å². The van der Waals surface area contributed by atoms with Crippen molar-refractivity contribution in [2.24, 2.45) is 35.3 Å². The number of benzene rings is 2. The van der Waals surface area contributed by atoms with Gasteiger partial charge in [0.15, 0.2) is 0 Å². The SMILES string of the molecule is CC[C@H](C)[C@@H]([C@@H](CC(=O)N1CCC[C@H]1[C@H](OC)[C@@H](C)C(=O)N[C@H](C)[C@@H](O)c1ccccc1)OC)N(C)C(=O)[C@@H](NC(=O)[C@H](C(C)C)N(C)C(=O)OCc1ccc(NC(=O)[C@H](CCCNC(N)=O)NC(=O)[C@@H](NC(=O)Cn2[nH]c(CCS)cc2=O)C(C)C)cc1)C(C)C. The van der Waals surface area contributed by atoms with E-state index < -0.39 is 131 Å². The van der Waals surface area contributed by atoms with Crippen LogP contribution in [0.2, 0.25) is 0 Å². The van der Waals surface area contributed by atoms with Gasteiger partial charge in [0.25, 0.3) is 5.56 Å². The maximum atomic E-state index is 14.8. The summed E-state index contributed by atoms with van der Waals surface area (Å²) in [5.41, 5.74) is 6.93. The number of ether oxygens (including phenoxy) is 3. The molecule has 92 heavy (non-hydrogen) atoms. The number of hydrogen-bond acceptors (Lipinski definition) is 15. The van der Waals surface area contributed by atoms with Gasteiger partial charge in [0.1, 0.15) is 37.3 Å². The summed E-state index contributed by atoms with van der Waals surface area (Å²) in [7, 11) is 6.08. The Balaban J connectivity index is 1.40. The number of aryl methyl sites for hydroxylation is 1. The van der Waals surface area contributed by atoms with Crippen LogP contribution in [0.25, 0.3) is 0 Å². The second-order valence-electron chi connectivity index (χ2n) is 25.0. The van der Waals surface area contributed by atoms with E-state index in [9.17, 15) is 53.1 Å². The molecule has 0 radical (unpaired) electrons. The summed E-state index contributed by atoms with van der Waals surface area (Å²) in [5.74, 6) is -5.14. The Bertz CT molecular complexity index is 2960. The first kappa shape index (κ1) is 77.0. The van der Waals surface area contributed by atoms with Crippen molar-refractivity contribution >= 4 is 71.8 Å². The first-order valence-electron chi connectivity index (χ1n) is 31.8. The molecule has 1 saturated heterocycles. The maximum Gasteiger partial charge on any atom is 0.410 e. The quantitative estimate of drug-likeness (QED) is 0.0288. The number of nitrogens with zero attached hydrogens (tertiary/aromatic N) is 4. The molecule has 0 saturated carbocycles. The molecule has 10 N–H and O–H groups in total. The van der Waals surface area contributed by atoms with Gasteiger partial charge < -0.3 is 66.8 Å². The third-order valence-corrected chi connectivity index (χ3v) is 17.3. The molecule has 10 amide bonds. The number of amides is 10. The molecule has 1 fully saturated rings. The van der Waals surface area contributed by atoms with Crippen LogP contribution < -0.4 is 43.2 Å². The van der Waals surface area contributed by atoms with Gasteiger partial charge in [-0.2, -0.15) is 12.6 Å². The van der Waals surface area contributed by atoms with E-state index in [1.165, 1.54) is 32.2 Å². The molecule has 4 rings (SSSR count). The molecule has 512 valence electrons. The molecule has 12 atom stereocenters. The highest BCUT2D eigenvalue weighted by Gasteiger charge is 2.44. The molecule has 0 bridgehead atoms. The maximum absolute atomic E-state index is 14.8. The number of nitrogens with two attached hydrogens (primary N) is 1. The van der Waals surface area contributed by atoms with E-state index in [2.05, 4.69) is 49.6 Å². The molecule has 1 aromatic heterocycles. The van der Waals surface area contributed by atoms with Gasteiger partial charge in [-0.05, 0) is 91.7 Å². The summed E-state index contributed by atoms with van der Waals surface area (Å²) in [6.07, 6.45) is -0.623. The number of carbonyl (C=O) groups is 9. The standard InChI is InChI=1S/C65H102N12O14S/c1-15-40(8)56(49(89-13)34-51(79)76-31-20-24-48(76)58(90-14)41(9)59(82)68-42(10)57(81)44-21-17-16-18-22-44)74(11)63(86)54(38(4)5)72-62(85)55(39(6)7)75(12)65(88)91-36-43-25-27-45(28-26-43)69-60(83)47(23-19-30-67-64(66)87)70-61(84)53(37(2)3)71-50(78)35-77-52(80)33-46(73-77)29-32-92/h16-18,21-22,25-28,33,37-42,47-49,53-58,73,81,92H,15,19-20,23-24,29-32,34-36H2,1-14H3,(H,68,82)(H,69,83)(H,70,84)(H,71,78)(H,72,85)(H3,66,67,87)/t40-,41+,42+,47-,48-,49+,53-,54-,55-,56-,57+,58+/m0/s1. The Kier molecular flexibility index (Phi) is 31.2. The summed E-state index contributed by atoms with van der Waals surface area (Å²) in [6.45, 7) is 17.9. The number of nitrogens with one attached hydrogen (secondary N) is 7. The van der Waals surface area contributed by atoms with E-state index in [1.807, 2.05) is 32.0 Å². The smallest absolute Gasteiger partial charge is 0.410 e. The Morgan fingerprint density at radius 1 is 0.793 bits per heavy atom. The molecule has 0 spiro atoms. The van der Waals surface area contributed by atoms with E-state index in [1.54, 1.807) is 109 Å². The zero-order valence-corrected chi connectivity index (χ0v) is 56.9. The average Bonchev–Trinajstić information content (AvgIpc) is 1.34. The lowest BCUT2D eigenvalue weighted by Gasteiger charge is -2.41. The van der Waals surface area contributed by atoms with E-state index in [4.69, 9.17) is 19.9 Å². The number of H-pyrrole nitrogens is 1. The predicted octanol–water partition coefficient (Wildman–Crippen LogP) is 4.25. The van der Waals surface area contributed by atoms with Crippen LogP contribution in [0.3, 0.4) is 0 Å². The number of aliphatic hydroxyl groups is 1. The summed E-state index contributed by atoms with van der Waals surface area (Å²) in [4.78, 5) is 140. The second-order valence-corrected chi connectivity index (χ2v) is 25.4. The van der Waals surface area contributed by atoms with Crippen molar-refractivity contribution in [2.45, 2.75) is 188 Å². The third kappa shape index (κ3) is 22.1. The van der Waals surface area contributed by atoms with Crippen LogP contribution in [0.5, 0.6) is 0 Å². The van der Waals surface area contributed by atoms with Crippen molar-refractivity contribution < 1.29 is 62.5 Å². The minimum atomic E-state index is -1.14. The highest BCUT2D eigenvalue weighted by Crippen LogP contribution is 2.30. The van der Waals surface area contributed by atoms with Crippen molar-refractivity contribution in [1.82, 2.24) is 51.1 Å². The normalized spacial score (nSPS) is 16.8. The van der Waals surface area contributed by atoms with Gasteiger partial charge in [-0.1, -0.05) is 111 Å². The van der Waals surface area contributed by atoms with Crippen LogP contribution in [0, 0.1) is 29.6 Å². The number of aromatic amines is 1. The molecule has 2 heterocycles. The Labute approximate surface area is 546 Å². The number of primary amides is 1. The first-order chi connectivity index (χ1) is 43.5. The molecule has 1 aliphatic rings. The molecular weight excluding hydrogens is 1200 g/mol. The number of aliphatic hydroxyl groups excluding tert-OH is 1. The molecule has 27 heteroatoms. The number of hydrogen-bond donors (Lipinski definition) is 10. The number of rotatable bonds is 36. The lowest BCUT2D eigenvalue weighted by Crippen LogP contribution is -2.60. The van der Waals surface area contributed by atoms with Gasteiger partial charge >= 0.3 is 12.1 Å². The summed E-state index contributed by atoms with van der Waals surface area (Å²) >= 11 is 4.18. The minimum absolute atomic E-state index is 0.0645. The van der Waals surface area contributed by atoms with Gasteiger partial charge in [0.05, 0.1) is 48.8 Å². The lowest BCUT2D eigenvalue weighted by atomic mass is 9.89. The lowest BCUT2D eigenvalue weighted by molar-refractivity contribution is -0.148. The van der Waals surface area contributed by atoms with Crippen LogP contribution in [0.15, 0.2) is 65.5 Å². The molecular formula is C65H102N12O14S. The monoisotopic (exact) mass is 1310 g/mol. The zero-order chi connectivity index (χ0) is 68.7. The Hall–Kier alpha value is -7.49. The van der Waals surface area contributed by atoms with Crippen LogP contribution in [0.1, 0.15) is 131 Å². The van der Waals surface area contributed by atoms with Crippen LogP contribution in [0.4, 0.5) is 15.3 Å². The van der Waals surface area contributed by atoms with Gasteiger partial charge in [0, 0.05) is 58.9 Å². The number of thiol groups is 1. The van der Waals surface area contributed by atoms with Gasteiger partial charge in [-0.25, -0.2) is 14.3 Å². The fraction of sp³-hybridized carbons (Fsp3) is 0.631. The third-order valence-electron chi connectivity index (χ3n) is 17.1. The number of likely N-dealkylation sites (tertiary alicyclic amines) is 1. The molecule has 1 aliphatic heterocycles. The van der Waals surface area contributed by atoms with Crippen molar-refractivity contribution in [1.29, 1.82) is 0 Å². The fourth-order valence-corrected chi connectivity index (χ4v) is 11.9. The highest BCUT2D eigenvalue weighted by atomic mass is 32.1. The topological polar surface area (TPSA) is 347 Å². The van der Waals surface area contributed by atoms with E-state index in [0.717, 1.165) is 4.68 Å². The van der Waals surface area contributed by atoms with Gasteiger partial charge in [-0.15, -0.1) is 0 Å². The van der Waals surface area contributed by atoms with E-state index in [0.29, 0.717) is 60.5 Å². The number of urea groups is 1. The molecule has 2 aromatic carbocycles. The minimum Gasteiger partial charge on any atom is -0.445 e. The largest absolute Gasteiger partial charge is 0.445 e. The number of carbonyl (C=O) groups excluding carboxylic acids is 9. The van der Waals surface area contributed by atoms with Crippen molar-refractivity contribution in [3.63, 3.8) is 0 Å². The van der Waals surface area contributed by atoms with Crippen molar-refractivity contribution in [3.05, 3.63) is 87.8 Å². The first-order valence-corrected chi connectivity index (χ1v) is 32.4. The fourth-order valence-electron chi connectivity index (χ4n) is 11.7. The Morgan fingerprint density at radius 2 is 1.45 bits per heavy atom. The summed E-state index contributed by atoms with van der Waals surface area (Å²) in [5, 5.41) is 30.3. The van der Waals surface area contributed by atoms with E-state index in [-0.39, 0.29) is 56.7 Å². The van der Waals surface area contributed by atoms with Gasteiger partial charge in [-0.3, -0.25) is 48.4 Å².